The molecule has 0 bridgehead atoms. The maximum absolute atomic E-state index is 11.3. The highest BCUT2D eigenvalue weighted by atomic mass is 16.1. The Hall–Kier alpha value is -1.08. The molecule has 0 rings (SSSR count). The molecule has 0 unspecified atom stereocenters. The molecule has 0 heterocycles. The van der Waals surface area contributed by atoms with Gasteiger partial charge < -0.3 is 10.6 Å². The van der Waals surface area contributed by atoms with Crippen LogP contribution in [-0.4, -0.2) is 25.5 Å². The van der Waals surface area contributed by atoms with Crippen molar-refractivity contribution in [2.24, 2.45) is 11.3 Å². The summed E-state index contributed by atoms with van der Waals surface area (Å²) in [6.45, 7) is 10.3. The summed E-state index contributed by atoms with van der Waals surface area (Å²) in [5.41, 5.74) is 0.187. The lowest BCUT2D eigenvalue weighted by atomic mass is 9.81. The van der Waals surface area contributed by atoms with Crippen LogP contribution in [0.25, 0.3) is 0 Å². The minimum absolute atomic E-state index is 0.0465. The highest BCUT2D eigenvalue weighted by molar-refractivity contribution is 5.77. The summed E-state index contributed by atoms with van der Waals surface area (Å²) in [7, 11) is 0. The van der Waals surface area contributed by atoms with E-state index in [-0.39, 0.29) is 11.3 Å². The van der Waals surface area contributed by atoms with E-state index in [2.05, 4.69) is 38.3 Å². The lowest BCUT2D eigenvalue weighted by Crippen LogP contribution is -2.40. The van der Waals surface area contributed by atoms with Gasteiger partial charge in [-0.2, -0.15) is 5.26 Å². The minimum atomic E-state index is -0.0465. The second-order valence-corrected chi connectivity index (χ2v) is 5.00. The van der Waals surface area contributed by atoms with Crippen LogP contribution in [0.4, 0.5) is 0 Å². The number of amides is 1. The van der Waals surface area contributed by atoms with Crippen molar-refractivity contribution in [3.63, 3.8) is 0 Å². The van der Waals surface area contributed by atoms with Gasteiger partial charge in [0.2, 0.25) is 5.91 Å². The predicted molar refractivity (Wildman–Crippen MR) is 64.7 cm³/mol. The first kappa shape index (κ1) is 14.9. The van der Waals surface area contributed by atoms with Gasteiger partial charge in [-0.3, -0.25) is 4.79 Å². The molecule has 0 radical (unpaired) electrons. The number of carbonyl (C=O) groups is 1. The van der Waals surface area contributed by atoms with Crippen LogP contribution in [0.2, 0.25) is 0 Å². The van der Waals surface area contributed by atoms with E-state index in [4.69, 9.17) is 5.26 Å². The summed E-state index contributed by atoms with van der Waals surface area (Å²) in [5.74, 6) is 0.524. The molecule has 1 amide bonds. The first-order valence-electron chi connectivity index (χ1n) is 5.74. The van der Waals surface area contributed by atoms with Gasteiger partial charge in [0.25, 0.3) is 0 Å². The summed E-state index contributed by atoms with van der Waals surface area (Å²) in [5, 5.41) is 14.1. The van der Waals surface area contributed by atoms with E-state index in [1.807, 2.05) is 6.07 Å². The van der Waals surface area contributed by atoms with Gasteiger partial charge in [0, 0.05) is 13.1 Å². The molecule has 0 fully saturated rings. The fourth-order valence-corrected chi connectivity index (χ4v) is 1.02. The molecular weight excluding hydrogens is 202 g/mol. The molecule has 0 saturated carbocycles. The summed E-state index contributed by atoms with van der Waals surface area (Å²) in [6, 6.07) is 1.98. The molecule has 0 saturated heterocycles. The topological polar surface area (TPSA) is 64.9 Å². The van der Waals surface area contributed by atoms with Crippen LogP contribution in [0, 0.1) is 22.7 Å². The molecule has 0 aliphatic heterocycles. The lowest BCUT2D eigenvalue weighted by molar-refractivity contribution is -0.120. The van der Waals surface area contributed by atoms with Crippen LogP contribution in [0.3, 0.4) is 0 Å². The van der Waals surface area contributed by atoms with E-state index in [0.717, 1.165) is 6.54 Å². The van der Waals surface area contributed by atoms with Gasteiger partial charge in [0.15, 0.2) is 0 Å². The SMILES string of the molecule is CC(C)C(C)(C)CNCC(=O)NCCC#N. The van der Waals surface area contributed by atoms with E-state index in [1.165, 1.54) is 0 Å². The van der Waals surface area contributed by atoms with Gasteiger partial charge >= 0.3 is 0 Å². The third-order valence-corrected chi connectivity index (χ3v) is 2.99. The summed E-state index contributed by atoms with van der Waals surface area (Å²) in [6.07, 6.45) is 0.364. The maximum atomic E-state index is 11.3. The fraction of sp³-hybridized carbons (Fsp3) is 0.833. The van der Waals surface area contributed by atoms with Crippen molar-refractivity contribution in [3.05, 3.63) is 0 Å². The molecule has 16 heavy (non-hydrogen) atoms. The second-order valence-electron chi connectivity index (χ2n) is 5.00. The predicted octanol–water partition coefficient (Wildman–Crippen LogP) is 1.29. The number of carbonyl (C=O) groups excluding carboxylic acids is 1. The Kier molecular flexibility index (Phi) is 6.75. The van der Waals surface area contributed by atoms with Gasteiger partial charge in [0.05, 0.1) is 19.0 Å². The highest BCUT2D eigenvalue weighted by Crippen LogP contribution is 2.24. The van der Waals surface area contributed by atoms with Gasteiger partial charge in [-0.1, -0.05) is 27.7 Å². The van der Waals surface area contributed by atoms with Gasteiger partial charge in [-0.05, 0) is 11.3 Å². The fourth-order valence-electron chi connectivity index (χ4n) is 1.02. The number of nitrogens with zero attached hydrogens (tertiary/aromatic N) is 1. The van der Waals surface area contributed by atoms with E-state index < -0.39 is 0 Å². The number of nitrogens with one attached hydrogen (secondary N) is 2. The smallest absolute Gasteiger partial charge is 0.233 e. The molecule has 0 aromatic heterocycles. The van der Waals surface area contributed by atoms with Crippen molar-refractivity contribution in [1.29, 1.82) is 5.26 Å². The first-order chi connectivity index (χ1) is 7.40. The Morgan fingerprint density at radius 1 is 1.44 bits per heavy atom. The van der Waals surface area contributed by atoms with Crippen molar-refractivity contribution in [1.82, 2.24) is 10.6 Å². The van der Waals surface area contributed by atoms with Crippen LogP contribution in [0.5, 0.6) is 0 Å². The molecular formula is C12H23N3O. The summed E-state index contributed by atoms with van der Waals surface area (Å²) in [4.78, 5) is 11.3. The quantitative estimate of drug-likeness (QED) is 0.642. The van der Waals surface area contributed by atoms with E-state index in [9.17, 15) is 4.79 Å². The molecule has 0 aromatic carbocycles. The third kappa shape index (κ3) is 6.41. The zero-order valence-corrected chi connectivity index (χ0v) is 10.8. The Balaban J connectivity index is 3.66. The van der Waals surface area contributed by atoms with E-state index in [0.29, 0.717) is 25.4 Å². The van der Waals surface area contributed by atoms with Crippen molar-refractivity contribution >= 4 is 5.91 Å². The number of rotatable bonds is 7. The molecule has 2 N–H and O–H groups in total. The average Bonchev–Trinajstić information content (AvgIpc) is 2.17. The zero-order valence-electron chi connectivity index (χ0n) is 10.8. The lowest BCUT2D eigenvalue weighted by Gasteiger charge is -2.29. The van der Waals surface area contributed by atoms with Crippen molar-refractivity contribution in [2.75, 3.05) is 19.6 Å². The van der Waals surface area contributed by atoms with Crippen LogP contribution in [-0.2, 0) is 4.79 Å². The third-order valence-electron chi connectivity index (χ3n) is 2.99. The molecule has 92 valence electrons. The van der Waals surface area contributed by atoms with Crippen LogP contribution >= 0.6 is 0 Å². The van der Waals surface area contributed by atoms with Crippen molar-refractivity contribution < 1.29 is 4.79 Å². The molecule has 0 atom stereocenters. The number of hydrogen-bond donors (Lipinski definition) is 2. The minimum Gasteiger partial charge on any atom is -0.354 e. The van der Waals surface area contributed by atoms with Crippen LogP contribution < -0.4 is 10.6 Å². The van der Waals surface area contributed by atoms with Crippen molar-refractivity contribution in [3.8, 4) is 6.07 Å². The Morgan fingerprint density at radius 3 is 2.56 bits per heavy atom. The molecule has 0 aromatic rings. The standard InChI is InChI=1S/C12H23N3O/c1-10(2)12(3,4)9-14-8-11(16)15-7-5-6-13/h10,14H,5,7-9H2,1-4H3,(H,15,16). The van der Waals surface area contributed by atoms with Gasteiger partial charge in [-0.15, -0.1) is 0 Å². The molecule has 4 nitrogen and oxygen atoms in total. The summed E-state index contributed by atoms with van der Waals surface area (Å²) < 4.78 is 0. The van der Waals surface area contributed by atoms with E-state index in [1.54, 1.807) is 0 Å². The largest absolute Gasteiger partial charge is 0.354 e. The van der Waals surface area contributed by atoms with Crippen molar-refractivity contribution in [2.45, 2.75) is 34.1 Å². The van der Waals surface area contributed by atoms with Crippen LogP contribution in [0.1, 0.15) is 34.1 Å². The number of hydrogen-bond acceptors (Lipinski definition) is 3. The Morgan fingerprint density at radius 2 is 2.06 bits per heavy atom. The molecule has 0 aliphatic carbocycles. The highest BCUT2D eigenvalue weighted by Gasteiger charge is 2.21. The molecule has 0 spiro atoms. The molecule has 0 aliphatic rings. The molecule has 4 heteroatoms. The maximum Gasteiger partial charge on any atom is 0.233 e. The normalized spacial score (nSPS) is 11.2. The number of nitriles is 1. The van der Waals surface area contributed by atoms with Crippen LogP contribution in [0.15, 0.2) is 0 Å². The Bertz CT molecular complexity index is 253. The van der Waals surface area contributed by atoms with E-state index >= 15 is 0 Å². The Labute approximate surface area is 98.4 Å². The average molecular weight is 225 g/mol. The van der Waals surface area contributed by atoms with Gasteiger partial charge in [-0.25, -0.2) is 0 Å². The summed E-state index contributed by atoms with van der Waals surface area (Å²) >= 11 is 0. The monoisotopic (exact) mass is 225 g/mol. The first-order valence-corrected chi connectivity index (χ1v) is 5.74. The zero-order chi connectivity index (χ0) is 12.6. The second kappa shape index (κ2) is 7.24. The van der Waals surface area contributed by atoms with Gasteiger partial charge in [0.1, 0.15) is 0 Å².